The summed E-state index contributed by atoms with van der Waals surface area (Å²) in [7, 11) is 0. The number of hydrogen-bond donors (Lipinski definition) is 0. The van der Waals surface area contributed by atoms with Gasteiger partial charge in [0.2, 0.25) is 5.90 Å². The molecular formula is C11H13NO. The largest absolute Gasteiger partial charge is 0.472 e. The van der Waals surface area contributed by atoms with Crippen molar-refractivity contribution in [3.8, 4) is 0 Å². The van der Waals surface area contributed by atoms with Crippen molar-refractivity contribution in [1.82, 2.24) is 0 Å². The summed E-state index contributed by atoms with van der Waals surface area (Å²) < 4.78 is 5.54. The van der Waals surface area contributed by atoms with E-state index >= 15 is 0 Å². The van der Waals surface area contributed by atoms with Gasteiger partial charge in [-0.3, -0.25) is 0 Å². The van der Waals surface area contributed by atoms with E-state index in [4.69, 9.17) is 4.74 Å². The lowest BCUT2D eigenvalue weighted by Gasteiger charge is -2.05. The minimum Gasteiger partial charge on any atom is -0.472 e. The molecule has 2 nitrogen and oxygen atoms in total. The molecule has 1 aliphatic heterocycles. The Labute approximate surface area is 78.3 Å². The Balaban J connectivity index is 2.22. The van der Waals surface area contributed by atoms with Crippen molar-refractivity contribution in [2.75, 3.05) is 6.54 Å². The van der Waals surface area contributed by atoms with Crippen LogP contribution in [0.3, 0.4) is 0 Å². The molecule has 1 aliphatic rings. The summed E-state index contributed by atoms with van der Waals surface area (Å²) >= 11 is 0. The number of rotatable bonds is 1. The van der Waals surface area contributed by atoms with E-state index in [9.17, 15) is 0 Å². The first-order valence-electron chi connectivity index (χ1n) is 4.54. The molecule has 1 atom stereocenters. The zero-order valence-corrected chi connectivity index (χ0v) is 7.95. The van der Waals surface area contributed by atoms with E-state index in [1.165, 1.54) is 5.56 Å². The number of ether oxygens (including phenoxy) is 1. The van der Waals surface area contributed by atoms with Crippen LogP contribution in [0.15, 0.2) is 29.3 Å². The maximum absolute atomic E-state index is 5.54. The Morgan fingerprint density at radius 1 is 1.31 bits per heavy atom. The second kappa shape index (κ2) is 3.21. The normalized spacial score (nSPS) is 21.1. The SMILES string of the molecule is Cc1ccc(C2=NC[C@H](C)O2)cc1. The van der Waals surface area contributed by atoms with E-state index in [0.717, 1.165) is 18.0 Å². The lowest BCUT2D eigenvalue weighted by atomic mass is 10.1. The molecule has 2 rings (SSSR count). The molecule has 0 saturated carbocycles. The average Bonchev–Trinajstić information content (AvgIpc) is 2.53. The maximum Gasteiger partial charge on any atom is 0.216 e. The van der Waals surface area contributed by atoms with Gasteiger partial charge in [-0.05, 0) is 26.0 Å². The molecule has 0 aliphatic carbocycles. The van der Waals surface area contributed by atoms with E-state index < -0.39 is 0 Å². The first-order chi connectivity index (χ1) is 6.25. The van der Waals surface area contributed by atoms with Gasteiger partial charge in [0.05, 0.1) is 6.54 Å². The molecule has 13 heavy (non-hydrogen) atoms. The molecule has 1 heterocycles. The van der Waals surface area contributed by atoms with Gasteiger partial charge in [-0.15, -0.1) is 0 Å². The van der Waals surface area contributed by atoms with Crippen LogP contribution in [0.2, 0.25) is 0 Å². The molecule has 1 aromatic carbocycles. The highest BCUT2D eigenvalue weighted by atomic mass is 16.5. The van der Waals surface area contributed by atoms with Crippen molar-refractivity contribution in [2.45, 2.75) is 20.0 Å². The van der Waals surface area contributed by atoms with Crippen molar-refractivity contribution >= 4 is 5.90 Å². The van der Waals surface area contributed by atoms with E-state index in [1.54, 1.807) is 0 Å². The second-order valence-electron chi connectivity index (χ2n) is 3.44. The summed E-state index contributed by atoms with van der Waals surface area (Å²) in [6.45, 7) is 4.89. The summed E-state index contributed by atoms with van der Waals surface area (Å²) in [4.78, 5) is 4.31. The number of hydrogen-bond acceptors (Lipinski definition) is 2. The quantitative estimate of drug-likeness (QED) is 0.641. The van der Waals surface area contributed by atoms with Crippen LogP contribution in [0.25, 0.3) is 0 Å². The fourth-order valence-electron chi connectivity index (χ4n) is 1.33. The maximum atomic E-state index is 5.54. The molecule has 0 spiro atoms. The van der Waals surface area contributed by atoms with Crippen LogP contribution in [-0.2, 0) is 4.74 Å². The van der Waals surface area contributed by atoms with Gasteiger partial charge in [-0.25, -0.2) is 4.99 Å². The van der Waals surface area contributed by atoms with Crippen LogP contribution in [0.5, 0.6) is 0 Å². The minimum atomic E-state index is 0.233. The van der Waals surface area contributed by atoms with Gasteiger partial charge in [0.15, 0.2) is 0 Å². The molecule has 0 aromatic heterocycles. The van der Waals surface area contributed by atoms with Gasteiger partial charge in [-0.1, -0.05) is 17.7 Å². The van der Waals surface area contributed by atoms with Crippen LogP contribution < -0.4 is 0 Å². The smallest absolute Gasteiger partial charge is 0.216 e. The van der Waals surface area contributed by atoms with Gasteiger partial charge < -0.3 is 4.74 Å². The lowest BCUT2D eigenvalue weighted by Crippen LogP contribution is -2.08. The Morgan fingerprint density at radius 3 is 2.54 bits per heavy atom. The standard InChI is InChI=1S/C11H13NO/c1-8-3-5-10(6-4-8)11-12-7-9(2)13-11/h3-6,9H,7H2,1-2H3/t9-/m0/s1. The van der Waals surface area contributed by atoms with Gasteiger partial charge in [-0.2, -0.15) is 0 Å². The van der Waals surface area contributed by atoms with E-state index in [-0.39, 0.29) is 6.10 Å². The van der Waals surface area contributed by atoms with Crippen molar-refractivity contribution < 1.29 is 4.74 Å². The number of aliphatic imine (C=N–C) groups is 1. The highest BCUT2D eigenvalue weighted by molar-refractivity contribution is 5.95. The van der Waals surface area contributed by atoms with Crippen molar-refractivity contribution in [1.29, 1.82) is 0 Å². The molecule has 0 bridgehead atoms. The Morgan fingerprint density at radius 2 is 2.00 bits per heavy atom. The molecule has 0 saturated heterocycles. The first kappa shape index (κ1) is 8.30. The molecule has 0 fully saturated rings. The molecule has 0 N–H and O–H groups in total. The number of nitrogens with zero attached hydrogens (tertiary/aromatic N) is 1. The van der Waals surface area contributed by atoms with Crippen molar-refractivity contribution in [2.24, 2.45) is 4.99 Å². The predicted octanol–water partition coefficient (Wildman–Crippen LogP) is 2.16. The predicted molar refractivity (Wildman–Crippen MR) is 53.1 cm³/mol. The van der Waals surface area contributed by atoms with Crippen molar-refractivity contribution in [3.05, 3.63) is 35.4 Å². The summed E-state index contributed by atoms with van der Waals surface area (Å²) in [6.07, 6.45) is 0.233. The third kappa shape index (κ3) is 1.72. The minimum absolute atomic E-state index is 0.233. The Hall–Kier alpha value is -1.31. The fourth-order valence-corrected chi connectivity index (χ4v) is 1.33. The van der Waals surface area contributed by atoms with Crippen LogP contribution in [0.1, 0.15) is 18.1 Å². The van der Waals surface area contributed by atoms with Gasteiger partial charge >= 0.3 is 0 Å². The highest BCUT2D eigenvalue weighted by Gasteiger charge is 2.15. The zero-order chi connectivity index (χ0) is 9.26. The van der Waals surface area contributed by atoms with Crippen LogP contribution >= 0.6 is 0 Å². The second-order valence-corrected chi connectivity index (χ2v) is 3.44. The number of aryl methyl sites for hydroxylation is 1. The van der Waals surface area contributed by atoms with E-state index in [0.29, 0.717) is 0 Å². The molecule has 0 unspecified atom stereocenters. The van der Waals surface area contributed by atoms with Gasteiger partial charge in [0, 0.05) is 5.56 Å². The Kier molecular flexibility index (Phi) is 2.05. The fraction of sp³-hybridized carbons (Fsp3) is 0.364. The summed E-state index contributed by atoms with van der Waals surface area (Å²) in [5.74, 6) is 0.785. The summed E-state index contributed by atoms with van der Waals surface area (Å²) in [5, 5.41) is 0. The average molecular weight is 175 g/mol. The summed E-state index contributed by atoms with van der Waals surface area (Å²) in [5.41, 5.74) is 2.34. The van der Waals surface area contributed by atoms with Crippen molar-refractivity contribution in [3.63, 3.8) is 0 Å². The molecule has 0 amide bonds. The molecule has 68 valence electrons. The lowest BCUT2D eigenvalue weighted by molar-refractivity contribution is 0.246. The molecular weight excluding hydrogens is 162 g/mol. The van der Waals surface area contributed by atoms with Gasteiger partial charge in [0.25, 0.3) is 0 Å². The molecule has 1 aromatic rings. The molecule has 2 heteroatoms. The number of benzene rings is 1. The van der Waals surface area contributed by atoms with E-state index in [2.05, 4.69) is 24.0 Å². The molecule has 0 radical (unpaired) electrons. The zero-order valence-electron chi connectivity index (χ0n) is 7.95. The van der Waals surface area contributed by atoms with Crippen LogP contribution in [0.4, 0.5) is 0 Å². The third-order valence-electron chi connectivity index (χ3n) is 2.10. The van der Waals surface area contributed by atoms with Gasteiger partial charge in [0.1, 0.15) is 6.10 Å². The van der Waals surface area contributed by atoms with Crippen LogP contribution in [0, 0.1) is 6.92 Å². The van der Waals surface area contributed by atoms with Crippen LogP contribution in [-0.4, -0.2) is 18.5 Å². The Bertz CT molecular complexity index is 326. The monoisotopic (exact) mass is 175 g/mol. The van der Waals surface area contributed by atoms with E-state index in [1.807, 2.05) is 19.1 Å². The first-order valence-corrected chi connectivity index (χ1v) is 4.54. The topological polar surface area (TPSA) is 21.6 Å². The summed E-state index contributed by atoms with van der Waals surface area (Å²) in [6, 6.07) is 8.24. The highest BCUT2D eigenvalue weighted by Crippen LogP contribution is 2.12. The third-order valence-corrected chi connectivity index (χ3v) is 2.10.